The van der Waals surface area contributed by atoms with Crippen LogP contribution in [0.3, 0.4) is 0 Å². The molecule has 2 rings (SSSR count). The molecule has 0 unspecified atom stereocenters. The molecule has 0 atom stereocenters. The third kappa shape index (κ3) is 2.36. The van der Waals surface area contributed by atoms with Gasteiger partial charge in [-0.15, -0.1) is 10.2 Å². The summed E-state index contributed by atoms with van der Waals surface area (Å²) in [5.74, 6) is -1.09. The maximum absolute atomic E-state index is 10.8. The van der Waals surface area contributed by atoms with Gasteiger partial charge in [0, 0.05) is 7.05 Å². The van der Waals surface area contributed by atoms with E-state index >= 15 is 0 Å². The SMILES string of the molecule is Cn1cnnc1Sc1nc(C(=O)O)ccc1N. The molecule has 0 aliphatic rings. The lowest BCUT2D eigenvalue weighted by atomic mass is 10.3. The fourth-order valence-electron chi connectivity index (χ4n) is 1.10. The number of carboxylic acid groups (broad SMARTS) is 1. The molecule has 0 aliphatic heterocycles. The molecule has 0 spiro atoms. The predicted molar refractivity (Wildman–Crippen MR) is 60.7 cm³/mol. The monoisotopic (exact) mass is 251 g/mol. The van der Waals surface area contributed by atoms with E-state index in [1.807, 2.05) is 0 Å². The zero-order valence-corrected chi connectivity index (χ0v) is 9.68. The van der Waals surface area contributed by atoms with E-state index in [9.17, 15) is 4.79 Å². The number of aromatic nitrogens is 4. The van der Waals surface area contributed by atoms with Crippen molar-refractivity contribution in [2.45, 2.75) is 10.2 Å². The number of nitrogen functional groups attached to an aromatic ring is 1. The van der Waals surface area contributed by atoms with E-state index in [-0.39, 0.29) is 5.69 Å². The second-order valence-electron chi connectivity index (χ2n) is 3.22. The van der Waals surface area contributed by atoms with E-state index in [2.05, 4.69) is 15.2 Å². The van der Waals surface area contributed by atoms with Crippen LogP contribution in [0.5, 0.6) is 0 Å². The molecule has 0 fully saturated rings. The van der Waals surface area contributed by atoms with E-state index in [1.54, 1.807) is 17.9 Å². The zero-order chi connectivity index (χ0) is 12.4. The van der Waals surface area contributed by atoms with Crippen LogP contribution >= 0.6 is 11.8 Å². The number of carbonyl (C=O) groups is 1. The highest BCUT2D eigenvalue weighted by atomic mass is 32.2. The van der Waals surface area contributed by atoms with Crippen molar-refractivity contribution >= 4 is 23.4 Å². The van der Waals surface area contributed by atoms with Crippen molar-refractivity contribution in [1.29, 1.82) is 0 Å². The maximum atomic E-state index is 10.8. The lowest BCUT2D eigenvalue weighted by Crippen LogP contribution is -2.03. The van der Waals surface area contributed by atoms with E-state index < -0.39 is 5.97 Å². The fraction of sp³-hybridized carbons (Fsp3) is 0.111. The summed E-state index contributed by atoms with van der Waals surface area (Å²) in [6.45, 7) is 0. The van der Waals surface area contributed by atoms with Crippen LogP contribution in [0.4, 0.5) is 5.69 Å². The minimum Gasteiger partial charge on any atom is -0.477 e. The Bertz CT molecular complexity index is 568. The molecule has 2 heterocycles. The number of hydrogen-bond acceptors (Lipinski definition) is 6. The molecule has 0 bridgehead atoms. The van der Waals surface area contributed by atoms with Crippen LogP contribution in [0.2, 0.25) is 0 Å². The van der Waals surface area contributed by atoms with Crippen LogP contribution in [0.25, 0.3) is 0 Å². The van der Waals surface area contributed by atoms with Gasteiger partial charge in [0.1, 0.15) is 17.0 Å². The van der Waals surface area contributed by atoms with E-state index in [4.69, 9.17) is 10.8 Å². The highest BCUT2D eigenvalue weighted by Gasteiger charge is 2.12. The summed E-state index contributed by atoms with van der Waals surface area (Å²) in [5.41, 5.74) is 6.08. The lowest BCUT2D eigenvalue weighted by Gasteiger charge is -2.04. The second-order valence-corrected chi connectivity index (χ2v) is 4.18. The van der Waals surface area contributed by atoms with Crippen molar-refractivity contribution in [3.8, 4) is 0 Å². The average Bonchev–Trinajstić information content (AvgIpc) is 2.67. The zero-order valence-electron chi connectivity index (χ0n) is 8.86. The summed E-state index contributed by atoms with van der Waals surface area (Å²) in [4.78, 5) is 14.7. The van der Waals surface area contributed by atoms with Crippen LogP contribution in [-0.4, -0.2) is 30.8 Å². The third-order valence-electron chi connectivity index (χ3n) is 1.97. The number of aromatic carboxylic acids is 1. The molecule has 2 aromatic rings. The van der Waals surface area contributed by atoms with Gasteiger partial charge in [-0.1, -0.05) is 0 Å². The van der Waals surface area contributed by atoms with Crippen LogP contribution in [-0.2, 0) is 7.05 Å². The van der Waals surface area contributed by atoms with E-state index in [0.29, 0.717) is 15.9 Å². The molecule has 0 aromatic carbocycles. The van der Waals surface area contributed by atoms with Gasteiger partial charge in [-0.2, -0.15) is 0 Å². The summed E-state index contributed by atoms with van der Waals surface area (Å²) in [7, 11) is 1.78. The molecule has 7 nitrogen and oxygen atoms in total. The number of rotatable bonds is 3. The molecule has 2 aromatic heterocycles. The van der Waals surface area contributed by atoms with E-state index in [0.717, 1.165) is 0 Å². The maximum Gasteiger partial charge on any atom is 0.354 e. The number of hydrogen-bond donors (Lipinski definition) is 2. The molecular formula is C9H9N5O2S. The molecule has 0 saturated heterocycles. The quantitative estimate of drug-likeness (QED) is 0.824. The molecular weight excluding hydrogens is 242 g/mol. The highest BCUT2D eigenvalue weighted by molar-refractivity contribution is 7.99. The Morgan fingerprint density at radius 2 is 2.29 bits per heavy atom. The molecule has 0 radical (unpaired) electrons. The first-order valence-corrected chi connectivity index (χ1v) is 5.41. The summed E-state index contributed by atoms with van der Waals surface area (Å²) in [5, 5.41) is 17.4. The molecule has 17 heavy (non-hydrogen) atoms. The summed E-state index contributed by atoms with van der Waals surface area (Å²) in [6, 6.07) is 2.87. The van der Waals surface area contributed by atoms with Crippen molar-refractivity contribution in [3.05, 3.63) is 24.2 Å². The van der Waals surface area contributed by atoms with Gasteiger partial charge < -0.3 is 15.4 Å². The number of carboxylic acids is 1. The fourth-order valence-corrected chi connectivity index (χ4v) is 1.89. The Morgan fingerprint density at radius 3 is 2.88 bits per heavy atom. The molecule has 0 amide bonds. The van der Waals surface area contributed by atoms with Crippen molar-refractivity contribution in [2.75, 3.05) is 5.73 Å². The summed E-state index contributed by atoms with van der Waals surface area (Å²) >= 11 is 1.17. The molecule has 8 heteroatoms. The van der Waals surface area contributed by atoms with Crippen molar-refractivity contribution in [3.63, 3.8) is 0 Å². The number of anilines is 1. The van der Waals surface area contributed by atoms with Crippen molar-refractivity contribution in [2.24, 2.45) is 7.05 Å². The number of nitrogens with two attached hydrogens (primary N) is 1. The minimum atomic E-state index is -1.09. The summed E-state index contributed by atoms with van der Waals surface area (Å²) in [6.07, 6.45) is 1.54. The minimum absolute atomic E-state index is 0.0520. The van der Waals surface area contributed by atoms with Crippen LogP contribution < -0.4 is 5.73 Å². The summed E-state index contributed by atoms with van der Waals surface area (Å²) < 4.78 is 1.69. The Kier molecular flexibility index (Phi) is 2.96. The van der Waals surface area contributed by atoms with Gasteiger partial charge in [-0.25, -0.2) is 9.78 Å². The van der Waals surface area contributed by atoms with Gasteiger partial charge in [-0.05, 0) is 23.9 Å². The molecule has 0 saturated carbocycles. The molecule has 88 valence electrons. The Hall–Kier alpha value is -2.09. The largest absolute Gasteiger partial charge is 0.477 e. The standard InChI is InChI=1S/C9H9N5O2S/c1-14-4-11-13-9(14)17-7-5(10)2-3-6(12-7)8(15)16/h2-4H,10H2,1H3,(H,15,16). The first kappa shape index (κ1) is 11.4. The number of nitrogens with zero attached hydrogens (tertiary/aromatic N) is 4. The normalized spacial score (nSPS) is 10.4. The van der Waals surface area contributed by atoms with Gasteiger partial charge in [0.2, 0.25) is 0 Å². The van der Waals surface area contributed by atoms with Crippen molar-refractivity contribution in [1.82, 2.24) is 19.7 Å². The van der Waals surface area contributed by atoms with Gasteiger partial charge in [0.15, 0.2) is 5.16 Å². The van der Waals surface area contributed by atoms with Gasteiger partial charge in [0.05, 0.1) is 5.69 Å². The first-order chi connectivity index (χ1) is 8.08. The average molecular weight is 251 g/mol. The van der Waals surface area contributed by atoms with Crippen LogP contribution in [0.15, 0.2) is 28.6 Å². The second kappa shape index (κ2) is 4.42. The third-order valence-corrected chi connectivity index (χ3v) is 3.04. The Labute approximate surface area is 101 Å². The predicted octanol–water partition coefficient (Wildman–Crippen LogP) is 0.642. The Morgan fingerprint density at radius 1 is 1.53 bits per heavy atom. The van der Waals surface area contributed by atoms with Gasteiger partial charge in [-0.3, -0.25) is 0 Å². The van der Waals surface area contributed by atoms with Gasteiger partial charge in [0.25, 0.3) is 0 Å². The highest BCUT2D eigenvalue weighted by Crippen LogP contribution is 2.28. The molecule has 0 aliphatic carbocycles. The Balaban J connectivity index is 2.35. The number of aryl methyl sites for hydroxylation is 1. The van der Waals surface area contributed by atoms with Crippen LogP contribution in [0, 0.1) is 0 Å². The van der Waals surface area contributed by atoms with Gasteiger partial charge >= 0.3 is 5.97 Å². The first-order valence-electron chi connectivity index (χ1n) is 4.59. The smallest absolute Gasteiger partial charge is 0.354 e. The van der Waals surface area contributed by atoms with Crippen LogP contribution in [0.1, 0.15) is 10.5 Å². The van der Waals surface area contributed by atoms with Crippen molar-refractivity contribution < 1.29 is 9.90 Å². The topological polar surface area (TPSA) is 107 Å². The lowest BCUT2D eigenvalue weighted by molar-refractivity contribution is 0.0690. The molecule has 3 N–H and O–H groups in total. The van der Waals surface area contributed by atoms with E-state index in [1.165, 1.54) is 23.9 Å². The number of pyridine rings is 1.